The minimum Gasteiger partial charge on any atom is -0.477 e. The number of aromatic carboxylic acids is 1. The molecule has 1 aromatic heterocycles. The van der Waals surface area contributed by atoms with Crippen LogP contribution in [0.25, 0.3) is 22.0 Å². The lowest BCUT2D eigenvalue weighted by Gasteiger charge is -2.07. The zero-order valence-electron chi connectivity index (χ0n) is 11.4. The molecule has 3 aromatic rings. The van der Waals surface area contributed by atoms with Crippen LogP contribution in [0.3, 0.4) is 0 Å². The number of fused-ring (bicyclic) bond motifs is 1. The third-order valence-corrected chi connectivity index (χ3v) is 3.49. The molecule has 0 amide bonds. The van der Waals surface area contributed by atoms with E-state index in [1.807, 2.05) is 0 Å². The number of rotatable bonds is 2. The fraction of sp³-hybridized carbons (Fsp3) is 0.0625. The lowest BCUT2D eigenvalue weighted by molar-refractivity contribution is -0.136. The van der Waals surface area contributed by atoms with Gasteiger partial charge in [0, 0.05) is 10.9 Å². The van der Waals surface area contributed by atoms with E-state index in [0.29, 0.717) is 5.56 Å². The summed E-state index contributed by atoms with van der Waals surface area (Å²) in [5, 5.41) is 9.40. The molecule has 118 valence electrons. The molecule has 0 saturated carbocycles. The van der Waals surface area contributed by atoms with Crippen LogP contribution in [-0.4, -0.2) is 16.1 Å². The predicted molar refractivity (Wildman–Crippen MR) is 75.7 cm³/mol. The number of aromatic nitrogens is 1. The quantitative estimate of drug-likeness (QED) is 0.672. The third-order valence-electron chi connectivity index (χ3n) is 3.49. The van der Waals surface area contributed by atoms with Crippen LogP contribution in [0, 0.1) is 5.82 Å². The Labute approximate surface area is 127 Å². The van der Waals surface area contributed by atoms with Crippen molar-refractivity contribution >= 4 is 16.9 Å². The van der Waals surface area contributed by atoms with Crippen LogP contribution >= 0.6 is 0 Å². The van der Waals surface area contributed by atoms with Crippen molar-refractivity contribution in [2.24, 2.45) is 0 Å². The second kappa shape index (κ2) is 5.12. The molecule has 2 aromatic carbocycles. The first-order valence-electron chi connectivity index (χ1n) is 6.50. The Kier molecular flexibility index (Phi) is 3.35. The number of halogens is 4. The van der Waals surface area contributed by atoms with Crippen LogP contribution < -0.4 is 0 Å². The summed E-state index contributed by atoms with van der Waals surface area (Å²) in [6.45, 7) is 0. The highest BCUT2D eigenvalue weighted by Crippen LogP contribution is 2.39. The van der Waals surface area contributed by atoms with Gasteiger partial charge in [-0.05, 0) is 23.8 Å². The number of aromatic amines is 1. The largest absolute Gasteiger partial charge is 0.477 e. The Morgan fingerprint density at radius 2 is 1.70 bits per heavy atom. The van der Waals surface area contributed by atoms with Gasteiger partial charge >= 0.3 is 12.1 Å². The van der Waals surface area contributed by atoms with Gasteiger partial charge in [0.05, 0.1) is 11.1 Å². The number of nitrogens with one attached hydrogen (secondary N) is 1. The molecule has 0 bridgehead atoms. The van der Waals surface area contributed by atoms with Crippen molar-refractivity contribution in [1.82, 2.24) is 4.98 Å². The molecule has 0 aliphatic rings. The topological polar surface area (TPSA) is 53.1 Å². The molecule has 0 atom stereocenters. The SMILES string of the molecule is O=C(O)c1[nH]c2c(C(F)(F)F)cccc2c1-c1ccc(F)cc1. The Morgan fingerprint density at radius 1 is 1.04 bits per heavy atom. The van der Waals surface area contributed by atoms with Gasteiger partial charge in [-0.25, -0.2) is 9.18 Å². The van der Waals surface area contributed by atoms with E-state index in [1.165, 1.54) is 24.3 Å². The molecule has 1 heterocycles. The highest BCUT2D eigenvalue weighted by molar-refractivity contribution is 6.08. The van der Waals surface area contributed by atoms with Crippen LogP contribution in [0.15, 0.2) is 42.5 Å². The zero-order chi connectivity index (χ0) is 16.8. The summed E-state index contributed by atoms with van der Waals surface area (Å²) < 4.78 is 52.3. The molecule has 0 unspecified atom stereocenters. The number of carboxylic acids is 1. The second-order valence-electron chi connectivity index (χ2n) is 4.91. The van der Waals surface area contributed by atoms with E-state index in [9.17, 15) is 27.5 Å². The van der Waals surface area contributed by atoms with E-state index < -0.39 is 23.5 Å². The molecule has 0 aliphatic heterocycles. The maximum atomic E-state index is 13.1. The second-order valence-corrected chi connectivity index (χ2v) is 4.91. The smallest absolute Gasteiger partial charge is 0.418 e. The van der Waals surface area contributed by atoms with Crippen molar-refractivity contribution in [2.45, 2.75) is 6.18 Å². The van der Waals surface area contributed by atoms with Crippen molar-refractivity contribution in [3.8, 4) is 11.1 Å². The van der Waals surface area contributed by atoms with Crippen LogP contribution in [0.1, 0.15) is 16.1 Å². The summed E-state index contributed by atoms with van der Waals surface area (Å²) in [6, 6.07) is 8.36. The number of carboxylic acid groups (broad SMARTS) is 1. The van der Waals surface area contributed by atoms with Crippen LogP contribution in [-0.2, 0) is 6.18 Å². The standard InChI is InChI=1S/C16H9F4NO2/c17-9-6-4-8(5-7-9)12-10-2-1-3-11(16(18,19)20)13(10)21-14(12)15(22)23/h1-7,21H,(H,22,23). The van der Waals surface area contributed by atoms with Crippen LogP contribution in [0.2, 0.25) is 0 Å². The number of hydrogen-bond donors (Lipinski definition) is 2. The fourth-order valence-corrected chi connectivity index (χ4v) is 2.53. The van der Waals surface area contributed by atoms with Gasteiger partial charge in [0.15, 0.2) is 0 Å². The molecule has 23 heavy (non-hydrogen) atoms. The average Bonchev–Trinajstić information content (AvgIpc) is 2.86. The first kappa shape index (κ1) is 15.1. The summed E-state index contributed by atoms with van der Waals surface area (Å²) in [5.41, 5.74) is -1.22. The molecule has 3 rings (SSSR count). The molecule has 0 radical (unpaired) electrons. The molecular weight excluding hydrogens is 314 g/mol. The van der Waals surface area contributed by atoms with Gasteiger partial charge in [0.25, 0.3) is 0 Å². The van der Waals surface area contributed by atoms with E-state index in [-0.39, 0.29) is 22.2 Å². The summed E-state index contributed by atoms with van der Waals surface area (Å²) in [6.07, 6.45) is -4.62. The van der Waals surface area contributed by atoms with Crippen molar-refractivity contribution in [2.75, 3.05) is 0 Å². The highest BCUT2D eigenvalue weighted by Gasteiger charge is 2.34. The molecule has 0 aliphatic carbocycles. The van der Waals surface area contributed by atoms with E-state index in [0.717, 1.165) is 18.2 Å². The highest BCUT2D eigenvalue weighted by atomic mass is 19.4. The van der Waals surface area contributed by atoms with Crippen molar-refractivity contribution in [1.29, 1.82) is 0 Å². The Balaban J connectivity index is 2.38. The van der Waals surface area contributed by atoms with Crippen molar-refractivity contribution in [3.63, 3.8) is 0 Å². The zero-order valence-corrected chi connectivity index (χ0v) is 11.4. The summed E-state index contributed by atoms with van der Waals surface area (Å²) >= 11 is 0. The van der Waals surface area contributed by atoms with E-state index in [4.69, 9.17) is 0 Å². The summed E-state index contributed by atoms with van der Waals surface area (Å²) in [5.74, 6) is -1.92. The third kappa shape index (κ3) is 2.54. The number of carbonyl (C=O) groups is 1. The average molecular weight is 323 g/mol. The molecule has 0 fully saturated rings. The van der Waals surface area contributed by atoms with Gasteiger partial charge in [0.2, 0.25) is 0 Å². The van der Waals surface area contributed by atoms with Gasteiger partial charge < -0.3 is 10.1 Å². The number of hydrogen-bond acceptors (Lipinski definition) is 1. The molecule has 2 N–H and O–H groups in total. The number of alkyl halides is 3. The fourth-order valence-electron chi connectivity index (χ4n) is 2.53. The summed E-state index contributed by atoms with van der Waals surface area (Å²) in [7, 11) is 0. The first-order chi connectivity index (χ1) is 10.8. The van der Waals surface area contributed by atoms with Crippen LogP contribution in [0.4, 0.5) is 17.6 Å². The summed E-state index contributed by atoms with van der Waals surface area (Å²) in [4.78, 5) is 13.7. The predicted octanol–water partition coefficient (Wildman–Crippen LogP) is 4.69. The van der Waals surface area contributed by atoms with E-state index >= 15 is 0 Å². The monoisotopic (exact) mass is 323 g/mol. The van der Waals surface area contributed by atoms with E-state index in [2.05, 4.69) is 4.98 Å². The molecular formula is C16H9F4NO2. The van der Waals surface area contributed by atoms with Gasteiger partial charge in [-0.2, -0.15) is 13.2 Å². The van der Waals surface area contributed by atoms with Gasteiger partial charge in [0.1, 0.15) is 11.5 Å². The molecule has 0 spiro atoms. The van der Waals surface area contributed by atoms with E-state index in [1.54, 1.807) is 0 Å². The van der Waals surface area contributed by atoms with Gasteiger partial charge in [-0.1, -0.05) is 24.3 Å². The Bertz CT molecular complexity index is 895. The van der Waals surface area contributed by atoms with Crippen molar-refractivity contribution in [3.05, 3.63) is 59.5 Å². The Morgan fingerprint density at radius 3 is 2.26 bits per heavy atom. The minimum absolute atomic E-state index is 0.0959. The number of H-pyrrole nitrogens is 1. The normalized spacial score (nSPS) is 11.8. The maximum Gasteiger partial charge on any atom is 0.418 e. The molecule has 0 saturated heterocycles. The molecule has 7 heteroatoms. The van der Waals surface area contributed by atoms with Gasteiger partial charge in [-0.3, -0.25) is 0 Å². The maximum absolute atomic E-state index is 13.1. The number of para-hydroxylation sites is 1. The molecule has 3 nitrogen and oxygen atoms in total. The van der Waals surface area contributed by atoms with Crippen LogP contribution in [0.5, 0.6) is 0 Å². The Hall–Kier alpha value is -2.83. The minimum atomic E-state index is -4.62. The first-order valence-corrected chi connectivity index (χ1v) is 6.50. The lowest BCUT2D eigenvalue weighted by Crippen LogP contribution is -2.05. The van der Waals surface area contributed by atoms with Crippen molar-refractivity contribution < 1.29 is 27.5 Å². The lowest BCUT2D eigenvalue weighted by atomic mass is 10.0. The number of benzene rings is 2. The van der Waals surface area contributed by atoms with Gasteiger partial charge in [-0.15, -0.1) is 0 Å².